The van der Waals surface area contributed by atoms with Gasteiger partial charge in [-0.05, 0) is 24.1 Å². The summed E-state index contributed by atoms with van der Waals surface area (Å²) in [6.45, 7) is 0. The number of carbonyl (C=O) groups is 5. The highest BCUT2D eigenvalue weighted by molar-refractivity contribution is 7.80. The molecule has 0 saturated carbocycles. The van der Waals surface area contributed by atoms with Crippen molar-refractivity contribution in [2.75, 3.05) is 5.75 Å². The van der Waals surface area contributed by atoms with Crippen molar-refractivity contribution in [3.8, 4) is 5.75 Å². The molecule has 0 fully saturated rings. The van der Waals surface area contributed by atoms with E-state index >= 15 is 0 Å². The molecule has 14 nitrogen and oxygen atoms in total. The Hall–Kier alpha value is -4.11. The van der Waals surface area contributed by atoms with Gasteiger partial charge in [-0.3, -0.25) is 19.2 Å². The molecular formula is C23H30N6O8S. The average Bonchev–Trinajstić information content (AvgIpc) is 3.39. The molecule has 15 heteroatoms. The monoisotopic (exact) mass is 550 g/mol. The predicted octanol–water partition coefficient (Wildman–Crippen LogP) is -1.44. The minimum atomic E-state index is -1.51. The molecule has 0 bridgehead atoms. The predicted molar refractivity (Wildman–Crippen MR) is 136 cm³/mol. The van der Waals surface area contributed by atoms with Gasteiger partial charge in [0.25, 0.3) is 0 Å². The summed E-state index contributed by atoms with van der Waals surface area (Å²) in [5, 5.41) is 35.1. The smallest absolute Gasteiger partial charge is 0.326 e. The van der Waals surface area contributed by atoms with Crippen molar-refractivity contribution in [2.24, 2.45) is 5.73 Å². The molecule has 0 saturated heterocycles. The van der Waals surface area contributed by atoms with Gasteiger partial charge < -0.3 is 42.0 Å². The number of nitrogens with one attached hydrogen (secondary N) is 4. The zero-order chi connectivity index (χ0) is 28.2. The van der Waals surface area contributed by atoms with Crippen molar-refractivity contribution >= 4 is 42.3 Å². The van der Waals surface area contributed by atoms with E-state index in [0.717, 1.165) is 0 Å². The second kappa shape index (κ2) is 14.6. The maximum atomic E-state index is 13.3. The number of phenolic OH excluding ortho intramolecular Hbond substituents is 1. The first-order valence-electron chi connectivity index (χ1n) is 11.5. The van der Waals surface area contributed by atoms with Gasteiger partial charge in [0.05, 0.1) is 12.4 Å². The topological polar surface area (TPSA) is 237 Å². The molecule has 9 N–H and O–H groups in total. The van der Waals surface area contributed by atoms with Gasteiger partial charge in [0.15, 0.2) is 0 Å². The second-order valence-electron chi connectivity index (χ2n) is 8.39. The van der Waals surface area contributed by atoms with E-state index in [4.69, 9.17) is 10.8 Å². The molecule has 4 unspecified atom stereocenters. The lowest BCUT2D eigenvalue weighted by atomic mass is 10.0. The maximum Gasteiger partial charge on any atom is 0.326 e. The van der Waals surface area contributed by atoms with Crippen molar-refractivity contribution < 1.29 is 39.3 Å². The summed E-state index contributed by atoms with van der Waals surface area (Å²) in [4.78, 5) is 67.9. The van der Waals surface area contributed by atoms with Crippen LogP contribution in [0.15, 0.2) is 36.8 Å². The number of hydrogen-bond donors (Lipinski definition) is 9. The first kappa shape index (κ1) is 30.1. The maximum absolute atomic E-state index is 13.3. The number of imidazole rings is 1. The minimum Gasteiger partial charge on any atom is -0.508 e. The number of aromatic nitrogens is 2. The van der Waals surface area contributed by atoms with Crippen LogP contribution in [-0.2, 0) is 36.8 Å². The Morgan fingerprint density at radius 1 is 0.921 bits per heavy atom. The zero-order valence-corrected chi connectivity index (χ0v) is 21.1. The van der Waals surface area contributed by atoms with Gasteiger partial charge in [-0.15, -0.1) is 0 Å². The number of thiol groups is 1. The number of carbonyl (C=O) groups excluding carboxylic acids is 3. The van der Waals surface area contributed by atoms with E-state index in [-0.39, 0.29) is 30.8 Å². The van der Waals surface area contributed by atoms with E-state index in [0.29, 0.717) is 11.3 Å². The van der Waals surface area contributed by atoms with Crippen molar-refractivity contribution in [3.05, 3.63) is 48.0 Å². The molecule has 4 atom stereocenters. The number of aromatic hydroxyl groups is 1. The van der Waals surface area contributed by atoms with Crippen LogP contribution < -0.4 is 21.7 Å². The van der Waals surface area contributed by atoms with Crippen LogP contribution in [0.25, 0.3) is 0 Å². The number of carboxylic acid groups (broad SMARTS) is 2. The summed E-state index contributed by atoms with van der Waals surface area (Å²) in [6.07, 6.45) is 1.76. The molecule has 1 heterocycles. The molecule has 2 rings (SSSR count). The fraction of sp³-hybridized carbons (Fsp3) is 0.391. The molecule has 0 spiro atoms. The molecule has 1 aromatic heterocycles. The molecule has 0 aliphatic rings. The van der Waals surface area contributed by atoms with E-state index in [1.54, 1.807) is 12.1 Å². The van der Waals surface area contributed by atoms with Crippen LogP contribution in [0.4, 0.5) is 0 Å². The third kappa shape index (κ3) is 9.74. The van der Waals surface area contributed by atoms with Gasteiger partial charge in [-0.25, -0.2) is 9.78 Å². The summed E-state index contributed by atoms with van der Waals surface area (Å²) < 4.78 is 0. The molecule has 3 amide bonds. The fourth-order valence-corrected chi connectivity index (χ4v) is 3.50. The van der Waals surface area contributed by atoms with Gasteiger partial charge in [0.1, 0.15) is 23.9 Å². The number of aromatic amines is 1. The highest BCUT2D eigenvalue weighted by Crippen LogP contribution is 2.12. The Labute approximate surface area is 222 Å². The lowest BCUT2D eigenvalue weighted by Gasteiger charge is -2.25. The van der Waals surface area contributed by atoms with E-state index in [1.807, 2.05) is 0 Å². The summed E-state index contributed by atoms with van der Waals surface area (Å²) >= 11 is 3.99. The summed E-state index contributed by atoms with van der Waals surface area (Å²) in [5.41, 5.74) is 6.75. The number of phenols is 1. The highest BCUT2D eigenvalue weighted by Gasteiger charge is 2.31. The van der Waals surface area contributed by atoms with E-state index < -0.39 is 60.2 Å². The number of nitrogens with zero attached hydrogens (tertiary/aromatic N) is 1. The number of hydrogen-bond acceptors (Lipinski definition) is 9. The third-order valence-electron chi connectivity index (χ3n) is 5.42. The largest absolute Gasteiger partial charge is 0.508 e. The quantitative estimate of drug-likeness (QED) is 0.117. The summed E-state index contributed by atoms with van der Waals surface area (Å²) in [5.74, 6) is -4.97. The van der Waals surface area contributed by atoms with Gasteiger partial charge in [-0.1, -0.05) is 12.1 Å². The van der Waals surface area contributed by atoms with Crippen LogP contribution in [0, 0.1) is 0 Å². The third-order valence-corrected chi connectivity index (χ3v) is 5.81. The van der Waals surface area contributed by atoms with Crippen LogP contribution in [0.1, 0.15) is 24.1 Å². The number of carboxylic acids is 2. The molecule has 38 heavy (non-hydrogen) atoms. The normalized spacial score (nSPS) is 13.9. The van der Waals surface area contributed by atoms with Crippen LogP contribution in [0.5, 0.6) is 5.75 Å². The van der Waals surface area contributed by atoms with Crippen LogP contribution >= 0.6 is 12.6 Å². The summed E-state index contributed by atoms with van der Waals surface area (Å²) in [7, 11) is 0. The van der Waals surface area contributed by atoms with Gasteiger partial charge in [0, 0.05) is 36.9 Å². The Morgan fingerprint density at radius 3 is 2.03 bits per heavy atom. The first-order valence-corrected chi connectivity index (χ1v) is 12.1. The second-order valence-corrected chi connectivity index (χ2v) is 8.76. The fourth-order valence-electron chi connectivity index (χ4n) is 3.33. The number of H-pyrrole nitrogens is 1. The van der Waals surface area contributed by atoms with E-state index in [1.165, 1.54) is 24.7 Å². The Balaban J connectivity index is 2.27. The SMILES string of the molecule is NC(CS)C(=O)NC(Cc1ccc(O)cc1)C(=O)NC(Cc1cnc[nH]1)C(=O)NC(CCC(=O)O)C(=O)O. The molecule has 0 radical (unpaired) electrons. The van der Waals surface area contributed by atoms with Crippen molar-refractivity contribution in [2.45, 2.75) is 49.9 Å². The lowest BCUT2D eigenvalue weighted by molar-refractivity contribution is -0.143. The van der Waals surface area contributed by atoms with Gasteiger partial charge in [-0.2, -0.15) is 12.6 Å². The molecule has 0 aliphatic carbocycles. The number of benzene rings is 1. The van der Waals surface area contributed by atoms with Crippen molar-refractivity contribution in [1.82, 2.24) is 25.9 Å². The number of rotatable bonds is 15. The average molecular weight is 551 g/mol. The molecular weight excluding hydrogens is 520 g/mol. The van der Waals surface area contributed by atoms with Crippen molar-refractivity contribution in [1.29, 1.82) is 0 Å². The number of amides is 3. The Morgan fingerprint density at radius 2 is 1.50 bits per heavy atom. The standard InChI is InChI=1S/C23H30N6O8S/c24-15(10-38)20(33)28-17(7-12-1-3-14(30)4-2-12)21(34)29-18(8-13-9-25-11-26-13)22(35)27-16(23(36)37)5-6-19(31)32/h1-4,9,11,15-18,30,38H,5-8,10,24H2,(H,25,26)(H,27,35)(H,28,33)(H,29,34)(H,31,32)(H,36,37). The van der Waals surface area contributed by atoms with E-state index in [9.17, 15) is 34.2 Å². The Kier molecular flexibility index (Phi) is 11.6. The number of nitrogens with two attached hydrogens (primary N) is 1. The van der Waals surface area contributed by atoms with Crippen LogP contribution in [0.3, 0.4) is 0 Å². The van der Waals surface area contributed by atoms with Gasteiger partial charge in [0.2, 0.25) is 17.7 Å². The Bertz CT molecular complexity index is 1110. The molecule has 206 valence electrons. The van der Waals surface area contributed by atoms with Crippen LogP contribution in [0.2, 0.25) is 0 Å². The minimum absolute atomic E-state index is 0.00283. The molecule has 2 aromatic rings. The number of aliphatic carboxylic acids is 2. The van der Waals surface area contributed by atoms with Gasteiger partial charge >= 0.3 is 11.9 Å². The highest BCUT2D eigenvalue weighted by atomic mass is 32.1. The van der Waals surface area contributed by atoms with Crippen molar-refractivity contribution in [3.63, 3.8) is 0 Å². The first-order chi connectivity index (χ1) is 18.0. The molecule has 0 aliphatic heterocycles. The van der Waals surface area contributed by atoms with Crippen LogP contribution in [-0.4, -0.2) is 84.9 Å². The lowest BCUT2D eigenvalue weighted by Crippen LogP contribution is -2.58. The molecule has 1 aromatic carbocycles. The zero-order valence-electron chi connectivity index (χ0n) is 20.2. The summed E-state index contributed by atoms with van der Waals surface area (Å²) in [6, 6.07) is 0.879. The van der Waals surface area contributed by atoms with E-state index in [2.05, 4.69) is 38.5 Å².